The van der Waals surface area contributed by atoms with Crippen LogP contribution >= 0.6 is 0 Å². The summed E-state index contributed by atoms with van der Waals surface area (Å²) < 4.78 is 0. The highest BCUT2D eigenvalue weighted by Gasteiger charge is 2.30. The molecule has 0 saturated carbocycles. The highest BCUT2D eigenvalue weighted by Crippen LogP contribution is 2.07. The first kappa shape index (κ1) is 21.6. The van der Waals surface area contributed by atoms with Crippen molar-refractivity contribution in [2.45, 2.75) is 37.8 Å². The third-order valence-corrected chi connectivity index (χ3v) is 4.32. The minimum absolute atomic E-state index is 0.240. The predicted molar refractivity (Wildman–Crippen MR) is 108 cm³/mol. The fourth-order valence-electron chi connectivity index (χ4n) is 2.74. The number of carbonyl (C=O) groups excluding carboxylic acids is 2. The first-order valence-electron chi connectivity index (χ1n) is 9.17. The lowest BCUT2D eigenvalue weighted by molar-refractivity contribution is -0.129. The molecule has 0 radical (unpaired) electrons. The number of rotatable bonds is 9. The van der Waals surface area contributed by atoms with Crippen molar-refractivity contribution in [2.24, 2.45) is 5.73 Å². The van der Waals surface area contributed by atoms with Crippen molar-refractivity contribution in [3.05, 3.63) is 71.8 Å². The Morgan fingerprint density at radius 3 is 1.86 bits per heavy atom. The molecule has 2 aromatic rings. The normalized spacial score (nSPS) is 13.9. The summed E-state index contributed by atoms with van der Waals surface area (Å²) in [6.07, 6.45) is 0.494. The third-order valence-electron chi connectivity index (χ3n) is 4.32. The molecule has 0 unspecified atom stereocenters. The van der Waals surface area contributed by atoms with E-state index >= 15 is 0 Å². The van der Waals surface area contributed by atoms with Gasteiger partial charge in [0.05, 0.1) is 12.0 Å². The lowest BCUT2D eigenvalue weighted by Gasteiger charge is -2.24. The zero-order valence-electron chi connectivity index (χ0n) is 15.8. The number of hydrogen-bond donors (Lipinski definition) is 5. The summed E-state index contributed by atoms with van der Waals surface area (Å²) in [5, 5.41) is 24.7. The minimum Gasteiger partial charge on any atom is -0.426 e. The van der Waals surface area contributed by atoms with E-state index in [0.29, 0.717) is 0 Å². The summed E-state index contributed by atoms with van der Waals surface area (Å²) in [5.74, 6) is -1.88. The quantitative estimate of drug-likeness (QED) is 0.384. The Morgan fingerprint density at radius 2 is 1.39 bits per heavy atom. The lowest BCUT2D eigenvalue weighted by atomic mass is 9.75. The Balaban J connectivity index is 2.12. The molecule has 148 valence electrons. The van der Waals surface area contributed by atoms with Crippen LogP contribution in [0.2, 0.25) is 0 Å². The highest BCUT2D eigenvalue weighted by atomic mass is 16.4. The molecule has 2 rings (SSSR count). The third kappa shape index (κ3) is 6.81. The van der Waals surface area contributed by atoms with Gasteiger partial charge in [-0.05, 0) is 24.5 Å². The van der Waals surface area contributed by atoms with E-state index in [0.717, 1.165) is 11.1 Å². The maximum Gasteiger partial charge on any atom is 0.475 e. The van der Waals surface area contributed by atoms with Crippen LogP contribution in [0.3, 0.4) is 0 Å². The van der Waals surface area contributed by atoms with Gasteiger partial charge in [0.15, 0.2) is 0 Å². The van der Waals surface area contributed by atoms with Crippen LogP contribution in [0.1, 0.15) is 18.1 Å². The maximum absolute atomic E-state index is 12.8. The number of hydrogen-bond acceptors (Lipinski definition) is 5. The van der Waals surface area contributed by atoms with E-state index in [1.54, 1.807) is 0 Å². The molecule has 0 saturated heterocycles. The molecule has 0 aliphatic heterocycles. The van der Waals surface area contributed by atoms with Crippen LogP contribution in [0.25, 0.3) is 0 Å². The van der Waals surface area contributed by atoms with Gasteiger partial charge in [-0.2, -0.15) is 0 Å². The van der Waals surface area contributed by atoms with Gasteiger partial charge in [0.25, 0.3) is 0 Å². The van der Waals surface area contributed by atoms with E-state index in [1.807, 2.05) is 60.7 Å². The van der Waals surface area contributed by atoms with Crippen molar-refractivity contribution >= 4 is 18.9 Å². The van der Waals surface area contributed by atoms with Crippen LogP contribution in [-0.2, 0) is 22.4 Å². The smallest absolute Gasteiger partial charge is 0.426 e. The zero-order chi connectivity index (χ0) is 20.5. The van der Waals surface area contributed by atoms with E-state index in [2.05, 4.69) is 10.6 Å². The number of nitrogens with one attached hydrogen (secondary N) is 2. The largest absolute Gasteiger partial charge is 0.475 e. The van der Waals surface area contributed by atoms with Gasteiger partial charge >= 0.3 is 7.12 Å². The fraction of sp³-hybridized carbons (Fsp3) is 0.300. The molecule has 0 bridgehead atoms. The average molecular weight is 383 g/mol. The molecule has 0 aromatic heterocycles. The van der Waals surface area contributed by atoms with Gasteiger partial charge in [-0.25, -0.2) is 0 Å². The Hall–Kier alpha value is -2.68. The number of benzene rings is 2. The van der Waals surface area contributed by atoms with Gasteiger partial charge in [0.2, 0.25) is 11.8 Å². The number of carbonyl (C=O) groups is 2. The molecular weight excluding hydrogens is 357 g/mol. The summed E-state index contributed by atoms with van der Waals surface area (Å²) in [4.78, 5) is 24.9. The van der Waals surface area contributed by atoms with Crippen molar-refractivity contribution < 1.29 is 19.6 Å². The van der Waals surface area contributed by atoms with E-state index in [-0.39, 0.29) is 12.8 Å². The molecule has 6 N–H and O–H groups in total. The Labute approximate surface area is 165 Å². The highest BCUT2D eigenvalue weighted by molar-refractivity contribution is 6.43. The molecule has 0 heterocycles. The monoisotopic (exact) mass is 383 g/mol. The van der Waals surface area contributed by atoms with Crippen LogP contribution in [0, 0.1) is 0 Å². The van der Waals surface area contributed by atoms with Crippen molar-refractivity contribution in [3.8, 4) is 0 Å². The Morgan fingerprint density at radius 1 is 0.893 bits per heavy atom. The minimum atomic E-state index is -1.74. The number of nitrogens with two attached hydrogens (primary N) is 1. The molecule has 2 aromatic carbocycles. The van der Waals surface area contributed by atoms with Crippen molar-refractivity contribution in [1.82, 2.24) is 10.6 Å². The summed E-state index contributed by atoms with van der Waals surface area (Å²) in [5.41, 5.74) is 7.31. The molecule has 0 spiro atoms. The molecule has 28 heavy (non-hydrogen) atoms. The second kappa shape index (κ2) is 10.6. The van der Waals surface area contributed by atoms with Gasteiger partial charge in [0, 0.05) is 6.42 Å². The van der Waals surface area contributed by atoms with Crippen molar-refractivity contribution in [1.29, 1.82) is 0 Å². The van der Waals surface area contributed by atoms with E-state index < -0.39 is 37.0 Å². The lowest BCUT2D eigenvalue weighted by Crippen LogP contribution is -2.56. The average Bonchev–Trinajstić information content (AvgIpc) is 2.68. The molecule has 0 fully saturated rings. The van der Waals surface area contributed by atoms with Crippen LogP contribution in [-0.4, -0.2) is 47.0 Å². The molecule has 0 aliphatic carbocycles. The van der Waals surface area contributed by atoms with Gasteiger partial charge < -0.3 is 26.4 Å². The predicted octanol–water partition coefficient (Wildman–Crippen LogP) is -0.199. The van der Waals surface area contributed by atoms with E-state index in [9.17, 15) is 19.6 Å². The molecular formula is C20H26BN3O4. The van der Waals surface area contributed by atoms with Crippen molar-refractivity contribution in [2.75, 3.05) is 0 Å². The second-order valence-corrected chi connectivity index (χ2v) is 6.76. The standard InChI is InChI=1S/C20H26BN3O4/c1-14(22)19(25)23-17(12-15-8-4-2-5-9-15)20(26)24-18(21(27)28)13-16-10-6-3-7-11-16/h2-11,14,17-18,27-28H,12-13,22H2,1H3,(H,23,25)(H,24,26)/t14-,17-,18-/m0/s1. The van der Waals surface area contributed by atoms with E-state index in [1.165, 1.54) is 6.92 Å². The number of amides is 2. The summed E-state index contributed by atoms with van der Waals surface area (Å²) in [6, 6.07) is 16.8. The Kier molecular flexibility index (Phi) is 8.19. The molecule has 7 nitrogen and oxygen atoms in total. The SMILES string of the molecule is C[C@H](N)C(=O)N[C@@H](Cc1ccccc1)C(=O)N[C@@H](Cc1ccccc1)B(O)O. The first-order chi connectivity index (χ1) is 13.4. The topological polar surface area (TPSA) is 125 Å². The van der Waals surface area contributed by atoms with E-state index in [4.69, 9.17) is 5.73 Å². The molecule has 0 aliphatic rings. The van der Waals surface area contributed by atoms with Crippen LogP contribution in [0.4, 0.5) is 0 Å². The van der Waals surface area contributed by atoms with Crippen molar-refractivity contribution in [3.63, 3.8) is 0 Å². The first-order valence-corrected chi connectivity index (χ1v) is 9.17. The second-order valence-electron chi connectivity index (χ2n) is 6.76. The van der Waals surface area contributed by atoms with Gasteiger partial charge in [-0.3, -0.25) is 9.59 Å². The summed E-state index contributed by atoms with van der Waals surface area (Å²) >= 11 is 0. The summed E-state index contributed by atoms with van der Waals surface area (Å²) in [6.45, 7) is 1.53. The fourth-order valence-corrected chi connectivity index (χ4v) is 2.74. The van der Waals surface area contributed by atoms with Gasteiger partial charge in [-0.1, -0.05) is 60.7 Å². The van der Waals surface area contributed by atoms with Crippen LogP contribution in [0.5, 0.6) is 0 Å². The molecule has 3 atom stereocenters. The van der Waals surface area contributed by atoms with Crippen LogP contribution in [0.15, 0.2) is 60.7 Å². The van der Waals surface area contributed by atoms with Gasteiger partial charge in [0.1, 0.15) is 6.04 Å². The van der Waals surface area contributed by atoms with Gasteiger partial charge in [-0.15, -0.1) is 0 Å². The van der Waals surface area contributed by atoms with Crippen LogP contribution < -0.4 is 16.4 Å². The molecule has 8 heteroatoms. The zero-order valence-corrected chi connectivity index (χ0v) is 15.8. The summed E-state index contributed by atoms with van der Waals surface area (Å²) in [7, 11) is -1.74. The Bertz CT molecular complexity index is 757. The molecule has 2 amide bonds. The maximum atomic E-state index is 12.8.